The lowest BCUT2D eigenvalue weighted by atomic mass is 10.1. The van der Waals surface area contributed by atoms with Gasteiger partial charge in [0.1, 0.15) is 30.3 Å². The normalized spacial score (nSPS) is 13.8. The molecule has 0 unspecified atom stereocenters. The van der Waals surface area contributed by atoms with Gasteiger partial charge in [-0.3, -0.25) is 5.32 Å². The molecule has 2 heterocycles. The lowest BCUT2D eigenvalue weighted by Crippen LogP contribution is -2.38. The third-order valence-electron chi connectivity index (χ3n) is 5.27. The largest absolute Gasteiger partial charge is 0.489 e. The number of amides is 1. The zero-order chi connectivity index (χ0) is 22.2. The van der Waals surface area contributed by atoms with Gasteiger partial charge in [0.05, 0.1) is 17.4 Å². The first-order valence-corrected chi connectivity index (χ1v) is 10.6. The van der Waals surface area contributed by atoms with Crippen molar-refractivity contribution in [1.29, 1.82) is 5.26 Å². The molecule has 1 N–H and O–H groups in total. The molecule has 1 aliphatic heterocycles. The van der Waals surface area contributed by atoms with Crippen molar-refractivity contribution in [1.82, 2.24) is 4.98 Å². The van der Waals surface area contributed by atoms with E-state index in [-0.39, 0.29) is 12.7 Å². The molecule has 0 bridgehead atoms. The molecule has 0 saturated carbocycles. The van der Waals surface area contributed by atoms with Gasteiger partial charge in [0, 0.05) is 25.9 Å². The monoisotopic (exact) mass is 428 g/mol. The van der Waals surface area contributed by atoms with Crippen LogP contribution in [0.4, 0.5) is 16.3 Å². The van der Waals surface area contributed by atoms with Crippen LogP contribution in [0.1, 0.15) is 24.0 Å². The molecule has 3 aromatic rings. The zero-order valence-electron chi connectivity index (χ0n) is 17.6. The summed E-state index contributed by atoms with van der Waals surface area (Å²) in [6, 6.07) is 22.7. The Morgan fingerprint density at radius 3 is 2.53 bits per heavy atom. The van der Waals surface area contributed by atoms with Crippen molar-refractivity contribution in [3.8, 4) is 11.8 Å². The van der Waals surface area contributed by atoms with Crippen molar-refractivity contribution in [3.63, 3.8) is 0 Å². The summed E-state index contributed by atoms with van der Waals surface area (Å²) < 4.78 is 11.3. The van der Waals surface area contributed by atoms with Crippen LogP contribution in [-0.4, -0.2) is 30.3 Å². The molecule has 7 nitrogen and oxygen atoms in total. The van der Waals surface area contributed by atoms with E-state index in [1.165, 1.54) is 0 Å². The van der Waals surface area contributed by atoms with Crippen LogP contribution < -0.4 is 15.0 Å². The van der Waals surface area contributed by atoms with Gasteiger partial charge in [-0.15, -0.1) is 0 Å². The van der Waals surface area contributed by atoms with Crippen molar-refractivity contribution in [2.24, 2.45) is 0 Å². The first-order chi connectivity index (χ1) is 15.7. The number of anilines is 2. The molecule has 4 rings (SSSR count). The van der Waals surface area contributed by atoms with Gasteiger partial charge in [-0.2, -0.15) is 5.26 Å². The molecular weight excluding hydrogens is 404 g/mol. The number of nitrogens with zero attached hydrogens (tertiary/aromatic N) is 3. The Kier molecular flexibility index (Phi) is 6.83. The molecule has 2 aromatic carbocycles. The highest BCUT2D eigenvalue weighted by Gasteiger charge is 2.22. The molecule has 0 radical (unpaired) electrons. The van der Waals surface area contributed by atoms with Crippen LogP contribution in [0, 0.1) is 11.3 Å². The molecule has 162 valence electrons. The van der Waals surface area contributed by atoms with Gasteiger partial charge >= 0.3 is 6.09 Å². The highest BCUT2D eigenvalue weighted by molar-refractivity contribution is 5.84. The highest BCUT2D eigenvalue weighted by atomic mass is 16.5. The minimum atomic E-state index is -0.515. The highest BCUT2D eigenvalue weighted by Crippen LogP contribution is 2.25. The van der Waals surface area contributed by atoms with Gasteiger partial charge < -0.3 is 14.4 Å². The van der Waals surface area contributed by atoms with E-state index in [1.807, 2.05) is 60.7 Å². The number of rotatable bonds is 6. The molecule has 1 aliphatic rings. The Labute approximate surface area is 187 Å². The van der Waals surface area contributed by atoms with Crippen LogP contribution >= 0.6 is 0 Å². The summed E-state index contributed by atoms with van der Waals surface area (Å²) in [5, 5.41) is 11.9. The van der Waals surface area contributed by atoms with E-state index in [4.69, 9.17) is 9.47 Å². The van der Waals surface area contributed by atoms with E-state index in [0.717, 1.165) is 37.3 Å². The number of carbonyl (C=O) groups is 1. The maximum Gasteiger partial charge on any atom is 0.412 e. The second-order valence-electron chi connectivity index (χ2n) is 7.50. The van der Waals surface area contributed by atoms with Crippen molar-refractivity contribution in [2.45, 2.75) is 25.6 Å². The Hall–Kier alpha value is -4.05. The molecular formula is C25H24N4O3. The SMILES string of the molecule is N#Cc1ccccc1OC1CCN(c2ccc(NC(=O)OCc3ccccc3)cn2)CC1. The van der Waals surface area contributed by atoms with Crippen LogP contribution in [-0.2, 0) is 11.3 Å². The van der Waals surface area contributed by atoms with Gasteiger partial charge in [0.15, 0.2) is 0 Å². The maximum absolute atomic E-state index is 12.0. The van der Waals surface area contributed by atoms with E-state index in [2.05, 4.69) is 21.3 Å². The number of hydrogen-bond donors (Lipinski definition) is 1. The number of hydrogen-bond acceptors (Lipinski definition) is 6. The third-order valence-corrected chi connectivity index (χ3v) is 5.27. The van der Waals surface area contributed by atoms with Gasteiger partial charge in [0.25, 0.3) is 0 Å². The smallest absolute Gasteiger partial charge is 0.412 e. The number of nitrogens with one attached hydrogen (secondary N) is 1. The van der Waals surface area contributed by atoms with Crippen molar-refractivity contribution < 1.29 is 14.3 Å². The Morgan fingerprint density at radius 1 is 1.06 bits per heavy atom. The number of para-hydroxylation sites is 1. The molecule has 1 amide bonds. The number of nitriles is 1. The van der Waals surface area contributed by atoms with Gasteiger partial charge in [-0.05, 0) is 29.8 Å². The predicted molar refractivity (Wildman–Crippen MR) is 122 cm³/mol. The number of piperidine rings is 1. The van der Waals surface area contributed by atoms with Crippen molar-refractivity contribution in [2.75, 3.05) is 23.3 Å². The minimum absolute atomic E-state index is 0.0704. The fourth-order valence-corrected chi connectivity index (χ4v) is 3.57. The average Bonchev–Trinajstić information content (AvgIpc) is 2.85. The second-order valence-corrected chi connectivity index (χ2v) is 7.50. The summed E-state index contributed by atoms with van der Waals surface area (Å²) in [6.45, 7) is 1.82. The second kappa shape index (κ2) is 10.3. The molecule has 0 aliphatic carbocycles. The van der Waals surface area contributed by atoms with Crippen LogP contribution in [0.15, 0.2) is 72.9 Å². The fourth-order valence-electron chi connectivity index (χ4n) is 3.57. The molecule has 1 saturated heterocycles. The quantitative estimate of drug-likeness (QED) is 0.610. The zero-order valence-corrected chi connectivity index (χ0v) is 17.6. The van der Waals surface area contributed by atoms with Gasteiger partial charge in [-0.25, -0.2) is 9.78 Å². The minimum Gasteiger partial charge on any atom is -0.489 e. The summed E-state index contributed by atoms with van der Waals surface area (Å²) in [5.41, 5.74) is 2.07. The molecule has 1 fully saturated rings. The Morgan fingerprint density at radius 2 is 1.81 bits per heavy atom. The molecule has 0 spiro atoms. The summed E-state index contributed by atoms with van der Waals surface area (Å²) in [4.78, 5) is 18.7. The molecule has 0 atom stereocenters. The van der Waals surface area contributed by atoms with Gasteiger partial charge in [-0.1, -0.05) is 42.5 Å². The standard InChI is InChI=1S/C25H24N4O3/c26-16-20-8-4-5-9-23(20)32-22-12-14-29(15-13-22)24-11-10-21(17-27-24)28-25(30)31-18-19-6-2-1-3-7-19/h1-11,17,22H,12-15,18H2,(H,28,30). The lowest BCUT2D eigenvalue weighted by Gasteiger charge is -2.33. The van der Waals surface area contributed by atoms with E-state index >= 15 is 0 Å². The van der Waals surface area contributed by atoms with Crippen LogP contribution in [0.5, 0.6) is 5.75 Å². The summed E-state index contributed by atoms with van der Waals surface area (Å²) in [7, 11) is 0. The number of carbonyl (C=O) groups excluding carboxylic acids is 1. The summed E-state index contributed by atoms with van der Waals surface area (Å²) in [6.07, 6.45) is 2.87. The van der Waals surface area contributed by atoms with Crippen LogP contribution in [0.25, 0.3) is 0 Å². The fraction of sp³-hybridized carbons (Fsp3) is 0.240. The van der Waals surface area contributed by atoms with Crippen molar-refractivity contribution >= 4 is 17.6 Å². The summed E-state index contributed by atoms with van der Waals surface area (Å²) in [5.74, 6) is 1.49. The third kappa shape index (κ3) is 5.55. The molecule has 1 aromatic heterocycles. The lowest BCUT2D eigenvalue weighted by molar-refractivity contribution is 0.155. The summed E-state index contributed by atoms with van der Waals surface area (Å²) >= 11 is 0. The van der Waals surface area contributed by atoms with E-state index in [0.29, 0.717) is 17.0 Å². The predicted octanol–water partition coefficient (Wildman–Crippen LogP) is 4.75. The average molecular weight is 428 g/mol. The first kappa shape index (κ1) is 21.2. The van der Waals surface area contributed by atoms with E-state index < -0.39 is 6.09 Å². The van der Waals surface area contributed by atoms with E-state index in [9.17, 15) is 10.1 Å². The first-order valence-electron chi connectivity index (χ1n) is 10.6. The van der Waals surface area contributed by atoms with Crippen molar-refractivity contribution in [3.05, 3.63) is 84.1 Å². The van der Waals surface area contributed by atoms with Crippen LogP contribution in [0.2, 0.25) is 0 Å². The topological polar surface area (TPSA) is 87.5 Å². The number of aromatic nitrogens is 1. The number of benzene rings is 2. The maximum atomic E-state index is 12.0. The van der Waals surface area contributed by atoms with E-state index in [1.54, 1.807) is 12.3 Å². The molecule has 7 heteroatoms. The number of ether oxygens (including phenoxy) is 2. The Balaban J connectivity index is 1.25. The molecule has 32 heavy (non-hydrogen) atoms. The Bertz CT molecular complexity index is 1070. The number of pyridine rings is 1. The van der Waals surface area contributed by atoms with Crippen LogP contribution in [0.3, 0.4) is 0 Å². The van der Waals surface area contributed by atoms with Gasteiger partial charge in [0.2, 0.25) is 0 Å².